The van der Waals surface area contributed by atoms with Gasteiger partial charge in [0.25, 0.3) is 5.91 Å². The van der Waals surface area contributed by atoms with E-state index in [1.54, 1.807) is 22.3 Å². The first-order chi connectivity index (χ1) is 13.6. The highest BCUT2D eigenvalue weighted by Gasteiger charge is 2.31. The molecule has 0 radical (unpaired) electrons. The van der Waals surface area contributed by atoms with Crippen molar-refractivity contribution >= 4 is 45.1 Å². The highest BCUT2D eigenvalue weighted by atomic mass is 32.2. The molecule has 0 bridgehead atoms. The van der Waals surface area contributed by atoms with Gasteiger partial charge in [-0.25, -0.2) is 4.98 Å². The maximum absolute atomic E-state index is 12.7. The average molecular weight is 412 g/mol. The standard InChI is InChI=1S/C21H21N3O2S2/c1-2-21(26)10-12-24(13-11-21)20(25)15-6-8-16(9-7-15)23-28-18-5-3-4-17-19(18)22-14-27-17/h2-9,14,23,26H,1,10-13H2. The summed E-state index contributed by atoms with van der Waals surface area (Å²) in [4.78, 5) is 20.0. The van der Waals surface area contributed by atoms with E-state index < -0.39 is 5.60 Å². The lowest BCUT2D eigenvalue weighted by Crippen LogP contribution is -2.45. The molecular weight excluding hydrogens is 390 g/mol. The second-order valence-electron chi connectivity index (χ2n) is 6.84. The van der Waals surface area contributed by atoms with Crippen LogP contribution in [-0.4, -0.2) is 39.6 Å². The van der Waals surface area contributed by atoms with E-state index in [4.69, 9.17) is 0 Å². The lowest BCUT2D eigenvalue weighted by molar-refractivity contribution is 0.0189. The number of hydrogen-bond donors (Lipinski definition) is 2. The van der Waals surface area contributed by atoms with Crippen molar-refractivity contribution in [2.75, 3.05) is 17.8 Å². The van der Waals surface area contributed by atoms with E-state index in [1.165, 1.54) is 11.9 Å². The number of hydrogen-bond acceptors (Lipinski definition) is 6. The Morgan fingerprint density at radius 1 is 1.25 bits per heavy atom. The highest BCUT2D eigenvalue weighted by molar-refractivity contribution is 8.00. The van der Waals surface area contributed by atoms with E-state index in [1.807, 2.05) is 41.9 Å². The third kappa shape index (κ3) is 3.92. The normalized spacial score (nSPS) is 16.1. The molecule has 1 amide bonds. The van der Waals surface area contributed by atoms with Crippen molar-refractivity contribution < 1.29 is 9.90 Å². The number of likely N-dealkylation sites (tertiary alicyclic amines) is 1. The predicted molar refractivity (Wildman–Crippen MR) is 116 cm³/mol. The molecule has 7 heteroatoms. The number of aliphatic hydroxyl groups is 1. The van der Waals surface area contributed by atoms with Gasteiger partial charge in [-0.15, -0.1) is 17.9 Å². The fourth-order valence-corrected chi connectivity index (χ4v) is 4.76. The fourth-order valence-electron chi connectivity index (χ4n) is 3.22. The molecule has 144 valence electrons. The number of piperidine rings is 1. The number of anilines is 1. The zero-order valence-electron chi connectivity index (χ0n) is 15.3. The molecule has 4 rings (SSSR count). The summed E-state index contributed by atoms with van der Waals surface area (Å²) in [5.74, 6) is -0.00226. The zero-order chi connectivity index (χ0) is 19.6. The van der Waals surface area contributed by atoms with Crippen LogP contribution in [0.15, 0.2) is 65.5 Å². The smallest absolute Gasteiger partial charge is 0.253 e. The Bertz CT molecular complexity index is 992. The molecule has 0 saturated carbocycles. The molecule has 1 aliphatic heterocycles. The summed E-state index contributed by atoms with van der Waals surface area (Å²) in [5, 5.41) is 10.2. The van der Waals surface area contributed by atoms with Crippen molar-refractivity contribution in [1.29, 1.82) is 0 Å². The number of benzene rings is 2. The van der Waals surface area contributed by atoms with E-state index in [0.29, 0.717) is 31.5 Å². The van der Waals surface area contributed by atoms with Crippen LogP contribution in [0.4, 0.5) is 5.69 Å². The van der Waals surface area contributed by atoms with Crippen LogP contribution in [-0.2, 0) is 0 Å². The largest absolute Gasteiger partial charge is 0.386 e. The lowest BCUT2D eigenvalue weighted by atomic mass is 9.91. The van der Waals surface area contributed by atoms with Crippen molar-refractivity contribution in [3.8, 4) is 0 Å². The van der Waals surface area contributed by atoms with Crippen LogP contribution >= 0.6 is 23.3 Å². The summed E-state index contributed by atoms with van der Waals surface area (Å²) in [6, 6.07) is 13.6. The van der Waals surface area contributed by atoms with Gasteiger partial charge in [0.05, 0.1) is 26.2 Å². The molecule has 5 nitrogen and oxygen atoms in total. The Balaban J connectivity index is 1.38. The molecule has 1 saturated heterocycles. The van der Waals surface area contributed by atoms with Crippen LogP contribution in [0.2, 0.25) is 0 Å². The number of carbonyl (C=O) groups is 1. The number of para-hydroxylation sites is 1. The topological polar surface area (TPSA) is 65.5 Å². The van der Waals surface area contributed by atoms with Crippen LogP contribution in [0.3, 0.4) is 0 Å². The number of amides is 1. The fraction of sp³-hybridized carbons (Fsp3) is 0.238. The van der Waals surface area contributed by atoms with E-state index >= 15 is 0 Å². The maximum Gasteiger partial charge on any atom is 0.253 e. The van der Waals surface area contributed by atoms with Gasteiger partial charge in [-0.05, 0) is 61.2 Å². The first-order valence-corrected chi connectivity index (χ1v) is 10.8. The van der Waals surface area contributed by atoms with Gasteiger partial charge in [0.2, 0.25) is 0 Å². The molecule has 0 unspecified atom stereocenters. The summed E-state index contributed by atoms with van der Waals surface area (Å²) >= 11 is 3.14. The number of nitrogens with one attached hydrogen (secondary N) is 1. The minimum absolute atomic E-state index is 0.00226. The van der Waals surface area contributed by atoms with Crippen LogP contribution in [0.25, 0.3) is 10.2 Å². The van der Waals surface area contributed by atoms with Crippen LogP contribution in [0.1, 0.15) is 23.2 Å². The van der Waals surface area contributed by atoms with Crippen molar-refractivity contribution in [3.63, 3.8) is 0 Å². The van der Waals surface area contributed by atoms with Gasteiger partial charge in [0, 0.05) is 24.3 Å². The summed E-state index contributed by atoms with van der Waals surface area (Å²) < 4.78 is 4.48. The molecule has 0 atom stereocenters. The third-order valence-corrected chi connectivity index (χ3v) is 6.71. The van der Waals surface area contributed by atoms with Crippen molar-refractivity contribution in [1.82, 2.24) is 9.88 Å². The Labute approximate surface area is 172 Å². The van der Waals surface area contributed by atoms with E-state index in [0.717, 1.165) is 20.8 Å². The van der Waals surface area contributed by atoms with Crippen molar-refractivity contribution in [2.24, 2.45) is 0 Å². The number of fused-ring (bicyclic) bond motifs is 1. The summed E-state index contributed by atoms with van der Waals surface area (Å²) in [7, 11) is 0. The lowest BCUT2D eigenvalue weighted by Gasteiger charge is -2.36. The number of carbonyl (C=O) groups excluding carboxylic acids is 1. The molecule has 2 N–H and O–H groups in total. The van der Waals surface area contributed by atoms with Gasteiger partial charge in [-0.2, -0.15) is 0 Å². The van der Waals surface area contributed by atoms with Gasteiger partial charge in [-0.1, -0.05) is 12.1 Å². The Kier molecular flexibility index (Phi) is 5.39. The minimum Gasteiger partial charge on any atom is -0.386 e. The molecule has 2 heterocycles. The quantitative estimate of drug-likeness (QED) is 0.476. The van der Waals surface area contributed by atoms with Gasteiger partial charge in [0.1, 0.15) is 0 Å². The van der Waals surface area contributed by atoms with Crippen molar-refractivity contribution in [2.45, 2.75) is 23.3 Å². The molecule has 0 spiro atoms. The summed E-state index contributed by atoms with van der Waals surface area (Å²) in [5.41, 5.74) is 3.59. The number of nitrogens with zero attached hydrogens (tertiary/aromatic N) is 2. The molecule has 1 aliphatic rings. The monoisotopic (exact) mass is 411 g/mol. The molecule has 1 aromatic heterocycles. The number of rotatable bonds is 5. The third-order valence-electron chi connectivity index (χ3n) is 5.03. The predicted octanol–water partition coefficient (Wildman–Crippen LogP) is 4.57. The van der Waals surface area contributed by atoms with Crippen LogP contribution < -0.4 is 4.72 Å². The molecule has 28 heavy (non-hydrogen) atoms. The maximum atomic E-state index is 12.7. The molecule has 0 aliphatic carbocycles. The zero-order valence-corrected chi connectivity index (χ0v) is 16.9. The van der Waals surface area contributed by atoms with Crippen LogP contribution in [0, 0.1) is 0 Å². The Hall–Kier alpha value is -2.35. The number of aromatic nitrogens is 1. The van der Waals surface area contributed by atoms with Crippen molar-refractivity contribution in [3.05, 3.63) is 66.2 Å². The second kappa shape index (κ2) is 7.95. The van der Waals surface area contributed by atoms with E-state index in [2.05, 4.69) is 22.4 Å². The van der Waals surface area contributed by atoms with Gasteiger partial charge < -0.3 is 14.7 Å². The second-order valence-corrected chi connectivity index (χ2v) is 8.57. The first-order valence-electron chi connectivity index (χ1n) is 9.08. The summed E-state index contributed by atoms with van der Waals surface area (Å²) in [6.45, 7) is 4.75. The van der Waals surface area contributed by atoms with E-state index in [-0.39, 0.29) is 5.91 Å². The van der Waals surface area contributed by atoms with Crippen LogP contribution in [0.5, 0.6) is 0 Å². The first kappa shape index (κ1) is 19.0. The van der Waals surface area contributed by atoms with Gasteiger partial charge in [-0.3, -0.25) is 4.79 Å². The Morgan fingerprint density at radius 2 is 2.00 bits per heavy atom. The summed E-state index contributed by atoms with van der Waals surface area (Å²) in [6.07, 6.45) is 2.64. The van der Waals surface area contributed by atoms with Gasteiger partial charge >= 0.3 is 0 Å². The molecule has 2 aromatic carbocycles. The Morgan fingerprint density at radius 3 is 2.71 bits per heavy atom. The molecule has 1 fully saturated rings. The van der Waals surface area contributed by atoms with Gasteiger partial charge in [0.15, 0.2) is 0 Å². The molecule has 3 aromatic rings. The SMILES string of the molecule is C=CC1(O)CCN(C(=O)c2ccc(NSc3cccc4scnc34)cc2)CC1. The number of thiazole rings is 1. The molecular formula is C21H21N3O2S2. The highest BCUT2D eigenvalue weighted by Crippen LogP contribution is 2.30. The van der Waals surface area contributed by atoms with E-state index in [9.17, 15) is 9.90 Å². The average Bonchev–Trinajstić information content (AvgIpc) is 3.22. The minimum atomic E-state index is -0.845.